The van der Waals surface area contributed by atoms with Gasteiger partial charge in [0.15, 0.2) is 5.69 Å². The van der Waals surface area contributed by atoms with Gasteiger partial charge in [-0.15, -0.1) is 0 Å². The molecule has 3 N–H and O–H groups in total. The van der Waals surface area contributed by atoms with Crippen molar-refractivity contribution >= 4 is 40.4 Å². The summed E-state index contributed by atoms with van der Waals surface area (Å²) < 4.78 is 6.99. The molecule has 2 aromatic rings. The number of amides is 1. The van der Waals surface area contributed by atoms with E-state index in [0.29, 0.717) is 25.0 Å². The highest BCUT2D eigenvalue weighted by Crippen LogP contribution is 2.34. The molecule has 0 spiro atoms. The molecule has 1 amide bonds. The normalized spacial score (nSPS) is 17.9. The van der Waals surface area contributed by atoms with Crippen LogP contribution in [-0.4, -0.2) is 55.5 Å². The topological polar surface area (TPSA) is 124 Å². The number of pyridine rings is 1. The predicted molar refractivity (Wildman–Crippen MR) is 100.0 cm³/mol. The Morgan fingerprint density at radius 3 is 2.74 bits per heavy atom. The van der Waals surface area contributed by atoms with E-state index in [0.717, 1.165) is 6.42 Å². The minimum absolute atomic E-state index is 0.0536. The fraction of sp³-hybridized carbons (Fsp3) is 0.529. The number of carbonyl (C=O) groups excluding carboxylic acids is 1. The molecule has 1 saturated heterocycles. The minimum atomic E-state index is -1.21. The molecule has 1 fully saturated rings. The first kappa shape index (κ1) is 19.2. The fourth-order valence-electron chi connectivity index (χ4n) is 3.22. The summed E-state index contributed by atoms with van der Waals surface area (Å²) in [7, 11) is 0. The quantitative estimate of drug-likeness (QED) is 0.800. The first-order valence-corrected chi connectivity index (χ1v) is 8.99. The second-order valence-corrected chi connectivity index (χ2v) is 7.94. The highest BCUT2D eigenvalue weighted by atomic mass is 35.5. The molecule has 0 bridgehead atoms. The number of hydrogen-bond donors (Lipinski definition) is 2. The number of likely N-dealkylation sites (tertiary alicyclic amines) is 1. The van der Waals surface area contributed by atoms with Crippen LogP contribution < -0.4 is 5.73 Å². The lowest BCUT2D eigenvalue weighted by molar-refractivity contribution is 0.0168. The van der Waals surface area contributed by atoms with Crippen LogP contribution in [0, 0.1) is 0 Å². The zero-order valence-corrected chi connectivity index (χ0v) is 16.2. The number of piperidine rings is 1. The summed E-state index contributed by atoms with van der Waals surface area (Å²) in [4.78, 5) is 29.6. The van der Waals surface area contributed by atoms with E-state index in [2.05, 4.69) is 10.1 Å². The molecule has 0 aromatic carbocycles. The summed E-state index contributed by atoms with van der Waals surface area (Å²) in [6.07, 6.45) is 2.41. The van der Waals surface area contributed by atoms with Crippen molar-refractivity contribution in [3.63, 3.8) is 0 Å². The Bertz CT molecular complexity index is 905. The third-order valence-electron chi connectivity index (χ3n) is 4.31. The molecule has 1 atom stereocenters. The molecule has 1 aliphatic rings. The number of nitrogens with two attached hydrogens (primary N) is 1. The minimum Gasteiger partial charge on any atom is -0.476 e. The van der Waals surface area contributed by atoms with Gasteiger partial charge in [0.2, 0.25) is 0 Å². The van der Waals surface area contributed by atoms with Crippen molar-refractivity contribution in [2.45, 2.75) is 45.3 Å². The van der Waals surface area contributed by atoms with Crippen molar-refractivity contribution < 1.29 is 19.4 Å². The molecule has 1 aliphatic heterocycles. The number of halogens is 1. The Morgan fingerprint density at radius 2 is 2.11 bits per heavy atom. The van der Waals surface area contributed by atoms with Crippen LogP contribution in [0.3, 0.4) is 0 Å². The van der Waals surface area contributed by atoms with Crippen LogP contribution in [0.2, 0.25) is 5.02 Å². The highest BCUT2D eigenvalue weighted by Gasteiger charge is 2.32. The highest BCUT2D eigenvalue weighted by molar-refractivity contribution is 6.35. The molecule has 2 aromatic heterocycles. The molecule has 10 heteroatoms. The molecule has 1 unspecified atom stereocenters. The van der Waals surface area contributed by atoms with Crippen molar-refractivity contribution in [3.05, 3.63) is 16.9 Å². The number of ether oxygens (including phenoxy) is 1. The van der Waals surface area contributed by atoms with Crippen molar-refractivity contribution in [1.82, 2.24) is 19.7 Å². The maximum absolute atomic E-state index is 12.4. The molecule has 3 rings (SSSR count). The van der Waals surface area contributed by atoms with E-state index in [1.807, 2.05) is 20.8 Å². The van der Waals surface area contributed by atoms with Crippen LogP contribution in [0.1, 0.15) is 50.1 Å². The van der Waals surface area contributed by atoms with Crippen LogP contribution in [0.25, 0.3) is 10.9 Å². The van der Waals surface area contributed by atoms with Gasteiger partial charge in [-0.1, -0.05) is 11.6 Å². The number of hydrogen-bond acceptors (Lipinski definition) is 6. The van der Waals surface area contributed by atoms with Crippen LogP contribution >= 0.6 is 11.6 Å². The lowest BCUT2D eigenvalue weighted by atomic mass is 10.1. The monoisotopic (exact) mass is 395 g/mol. The largest absolute Gasteiger partial charge is 0.476 e. The zero-order valence-electron chi connectivity index (χ0n) is 15.4. The first-order chi connectivity index (χ1) is 12.6. The molecule has 27 heavy (non-hydrogen) atoms. The number of anilines is 1. The van der Waals surface area contributed by atoms with Gasteiger partial charge in [0.25, 0.3) is 0 Å². The summed E-state index contributed by atoms with van der Waals surface area (Å²) in [5, 5.41) is 14.2. The van der Waals surface area contributed by atoms with E-state index < -0.39 is 17.7 Å². The zero-order chi connectivity index (χ0) is 19.9. The van der Waals surface area contributed by atoms with Gasteiger partial charge in [-0.3, -0.25) is 4.68 Å². The van der Waals surface area contributed by atoms with Crippen molar-refractivity contribution in [1.29, 1.82) is 0 Å². The van der Waals surface area contributed by atoms with Crippen molar-refractivity contribution in [2.75, 3.05) is 18.8 Å². The molecular weight excluding hydrogens is 374 g/mol. The summed E-state index contributed by atoms with van der Waals surface area (Å²) in [6.45, 7) is 6.32. The summed E-state index contributed by atoms with van der Waals surface area (Å²) in [5.41, 5.74) is 5.50. The van der Waals surface area contributed by atoms with E-state index in [4.69, 9.17) is 22.1 Å². The molecule has 9 nitrogen and oxygen atoms in total. The molecule has 3 heterocycles. The van der Waals surface area contributed by atoms with E-state index in [1.54, 1.807) is 9.58 Å². The Kier molecular flexibility index (Phi) is 4.90. The van der Waals surface area contributed by atoms with Gasteiger partial charge in [0.05, 0.1) is 28.2 Å². The van der Waals surface area contributed by atoms with Gasteiger partial charge in [-0.05, 0) is 33.6 Å². The van der Waals surface area contributed by atoms with Gasteiger partial charge in [-0.25, -0.2) is 14.6 Å². The summed E-state index contributed by atoms with van der Waals surface area (Å²) >= 11 is 6.28. The second kappa shape index (κ2) is 6.88. The predicted octanol–water partition coefficient (Wildman–Crippen LogP) is 2.94. The number of aromatic nitrogens is 3. The first-order valence-electron chi connectivity index (χ1n) is 8.62. The van der Waals surface area contributed by atoms with Crippen molar-refractivity contribution in [2.24, 2.45) is 0 Å². The number of rotatable bonds is 2. The van der Waals surface area contributed by atoms with Crippen LogP contribution in [0.4, 0.5) is 10.6 Å². The third-order valence-corrected chi connectivity index (χ3v) is 4.58. The average molecular weight is 396 g/mol. The molecule has 0 radical (unpaired) electrons. The van der Waals surface area contributed by atoms with Crippen LogP contribution in [0.5, 0.6) is 0 Å². The number of fused-ring (bicyclic) bond motifs is 1. The second-order valence-electron chi connectivity index (χ2n) is 7.54. The molecule has 0 saturated carbocycles. The van der Waals surface area contributed by atoms with E-state index in [-0.39, 0.29) is 28.0 Å². The van der Waals surface area contributed by atoms with Crippen LogP contribution in [0.15, 0.2) is 6.20 Å². The number of nitrogen functional groups attached to an aromatic ring is 1. The average Bonchev–Trinajstić information content (AvgIpc) is 2.99. The SMILES string of the molecule is CC(C)(C)OC(=O)N1CCCC(n2nc(C(=O)O)c3c(N)ncc(Cl)c32)C1. The van der Waals surface area contributed by atoms with Gasteiger partial charge in [0.1, 0.15) is 11.4 Å². The Hall–Kier alpha value is -2.55. The maximum atomic E-state index is 12.4. The number of aromatic carboxylic acids is 1. The number of carboxylic acids is 1. The Balaban J connectivity index is 1.99. The van der Waals surface area contributed by atoms with E-state index in [9.17, 15) is 14.7 Å². The molecule has 0 aliphatic carbocycles. The smallest absolute Gasteiger partial charge is 0.410 e. The Morgan fingerprint density at radius 1 is 1.41 bits per heavy atom. The molecule has 146 valence electrons. The summed E-state index contributed by atoms with van der Waals surface area (Å²) in [5.74, 6) is -1.16. The number of carbonyl (C=O) groups is 2. The van der Waals surface area contributed by atoms with Crippen molar-refractivity contribution in [3.8, 4) is 0 Å². The maximum Gasteiger partial charge on any atom is 0.410 e. The Labute approximate surface area is 161 Å². The lowest BCUT2D eigenvalue weighted by Crippen LogP contribution is -2.43. The molecular formula is C17H22ClN5O4. The summed E-state index contributed by atoms with van der Waals surface area (Å²) in [6, 6.07) is -0.249. The van der Waals surface area contributed by atoms with Gasteiger partial charge >= 0.3 is 12.1 Å². The van der Waals surface area contributed by atoms with Gasteiger partial charge in [-0.2, -0.15) is 5.10 Å². The number of nitrogens with zero attached hydrogens (tertiary/aromatic N) is 4. The lowest BCUT2D eigenvalue weighted by Gasteiger charge is -2.34. The van der Waals surface area contributed by atoms with E-state index >= 15 is 0 Å². The fourth-order valence-corrected chi connectivity index (χ4v) is 3.45. The van der Waals surface area contributed by atoms with E-state index in [1.165, 1.54) is 6.20 Å². The van der Waals surface area contributed by atoms with Gasteiger partial charge in [0, 0.05) is 13.1 Å². The van der Waals surface area contributed by atoms with Gasteiger partial charge < -0.3 is 20.5 Å². The van der Waals surface area contributed by atoms with Crippen LogP contribution in [-0.2, 0) is 4.74 Å². The standard InChI is InChI=1S/C17H22ClN5O4/c1-17(2,3)27-16(26)22-6-4-5-9(8-22)23-13-10(18)7-20-14(19)11(13)12(21-23)15(24)25/h7,9H,4-6,8H2,1-3H3,(H2,19,20)(H,24,25). The third kappa shape index (κ3) is 3.78. The number of carboxylic acid groups (broad SMARTS) is 1.